The van der Waals surface area contributed by atoms with Crippen LogP contribution in [0.1, 0.15) is 30.0 Å². The summed E-state index contributed by atoms with van der Waals surface area (Å²) >= 11 is 5.97. The van der Waals surface area contributed by atoms with Crippen molar-refractivity contribution in [3.8, 4) is 0 Å². The molecule has 0 fully saturated rings. The highest BCUT2D eigenvalue weighted by Gasteiger charge is 2.23. The summed E-state index contributed by atoms with van der Waals surface area (Å²) in [4.78, 5) is 14.3. The summed E-state index contributed by atoms with van der Waals surface area (Å²) in [5, 5.41) is 3.68. The summed E-state index contributed by atoms with van der Waals surface area (Å²) in [6.07, 6.45) is 1.24. The second-order valence-corrected chi connectivity index (χ2v) is 6.15. The molecule has 6 heteroatoms. The number of carbonyl (C=O) groups excluding carboxylic acids is 1. The van der Waals surface area contributed by atoms with Crippen molar-refractivity contribution in [3.05, 3.63) is 70.5 Å². The zero-order valence-electron chi connectivity index (χ0n) is 14.3. The highest BCUT2D eigenvalue weighted by atomic mass is 35.5. The lowest BCUT2D eigenvalue weighted by Gasteiger charge is -2.29. The highest BCUT2D eigenvalue weighted by Crippen LogP contribution is 2.29. The molecule has 136 valence electrons. The molecule has 0 aliphatic heterocycles. The number of hydrogen-bond donors (Lipinski definition) is 1. The lowest BCUT2D eigenvalue weighted by molar-refractivity contribution is -0.131. The molecule has 2 rings (SSSR count). The highest BCUT2D eigenvalue weighted by molar-refractivity contribution is 6.30. The van der Waals surface area contributed by atoms with E-state index in [2.05, 4.69) is 5.32 Å². The van der Waals surface area contributed by atoms with Crippen molar-refractivity contribution in [1.29, 1.82) is 0 Å². The molecule has 0 aliphatic carbocycles. The summed E-state index contributed by atoms with van der Waals surface area (Å²) in [5.41, 5.74) is 1.80. The van der Waals surface area contributed by atoms with Crippen LogP contribution in [0, 0.1) is 5.82 Å². The Labute approximate surface area is 159 Å². The summed E-state index contributed by atoms with van der Waals surface area (Å²) in [6, 6.07) is 13.4. The molecule has 3 nitrogen and oxygen atoms in total. The SMILES string of the molecule is CNCCCC(=O)N(C)C(c1ccc(F)cc1)c1ccc(Cl)cc1.Cl. The van der Waals surface area contributed by atoms with Gasteiger partial charge < -0.3 is 10.2 Å². The van der Waals surface area contributed by atoms with Crippen molar-refractivity contribution in [1.82, 2.24) is 10.2 Å². The van der Waals surface area contributed by atoms with Crippen LogP contribution < -0.4 is 5.32 Å². The normalized spacial score (nSPS) is 11.5. The molecule has 1 amide bonds. The Morgan fingerprint density at radius 2 is 1.64 bits per heavy atom. The van der Waals surface area contributed by atoms with Gasteiger partial charge in [-0.25, -0.2) is 4.39 Å². The number of nitrogens with zero attached hydrogens (tertiary/aromatic N) is 1. The number of carbonyl (C=O) groups is 1. The molecule has 25 heavy (non-hydrogen) atoms. The average molecular weight is 385 g/mol. The zero-order chi connectivity index (χ0) is 17.5. The summed E-state index contributed by atoms with van der Waals surface area (Å²) in [6.45, 7) is 0.793. The lowest BCUT2D eigenvalue weighted by atomic mass is 9.97. The molecule has 0 heterocycles. The summed E-state index contributed by atoms with van der Waals surface area (Å²) in [5.74, 6) is -0.244. The van der Waals surface area contributed by atoms with Crippen molar-refractivity contribution in [2.75, 3.05) is 20.6 Å². The van der Waals surface area contributed by atoms with E-state index >= 15 is 0 Å². The van der Waals surface area contributed by atoms with Gasteiger partial charge in [0.25, 0.3) is 0 Å². The fourth-order valence-electron chi connectivity index (χ4n) is 2.67. The Morgan fingerprint density at radius 1 is 1.12 bits per heavy atom. The Kier molecular flexibility index (Phi) is 8.90. The van der Waals surface area contributed by atoms with Gasteiger partial charge in [-0.05, 0) is 55.4 Å². The number of benzene rings is 2. The second kappa shape index (κ2) is 10.4. The lowest BCUT2D eigenvalue weighted by Crippen LogP contribution is -2.32. The van der Waals surface area contributed by atoms with E-state index in [1.54, 1.807) is 36.2 Å². The molecule has 0 spiro atoms. The monoisotopic (exact) mass is 384 g/mol. The largest absolute Gasteiger partial charge is 0.335 e. The number of nitrogens with one attached hydrogen (secondary N) is 1. The van der Waals surface area contributed by atoms with Gasteiger partial charge in [0.15, 0.2) is 0 Å². The van der Waals surface area contributed by atoms with E-state index in [0.29, 0.717) is 11.4 Å². The Bertz CT molecular complexity index is 617. The van der Waals surface area contributed by atoms with Crippen LogP contribution in [0.15, 0.2) is 48.5 Å². The molecule has 0 aromatic heterocycles. The molecule has 1 N–H and O–H groups in total. The Morgan fingerprint density at radius 3 is 2.16 bits per heavy atom. The summed E-state index contributed by atoms with van der Waals surface area (Å²) < 4.78 is 13.3. The number of halogens is 3. The quantitative estimate of drug-likeness (QED) is 0.715. The van der Waals surface area contributed by atoms with Gasteiger partial charge in [-0.2, -0.15) is 0 Å². The molecule has 1 unspecified atom stereocenters. The third kappa shape index (κ3) is 5.99. The first-order chi connectivity index (χ1) is 11.5. The maximum Gasteiger partial charge on any atom is 0.223 e. The molecule has 0 bridgehead atoms. The van der Waals surface area contributed by atoms with E-state index in [-0.39, 0.29) is 30.2 Å². The minimum Gasteiger partial charge on any atom is -0.335 e. The van der Waals surface area contributed by atoms with Crippen molar-refractivity contribution in [3.63, 3.8) is 0 Å². The van der Waals surface area contributed by atoms with Crippen molar-refractivity contribution in [2.45, 2.75) is 18.9 Å². The van der Waals surface area contributed by atoms with Gasteiger partial charge in [-0.15, -0.1) is 12.4 Å². The first kappa shape index (κ1) is 21.4. The predicted molar refractivity (Wildman–Crippen MR) is 103 cm³/mol. The van der Waals surface area contributed by atoms with Crippen LogP contribution in [0.25, 0.3) is 0 Å². The van der Waals surface area contributed by atoms with Crippen LogP contribution in [0.2, 0.25) is 5.02 Å². The fraction of sp³-hybridized carbons (Fsp3) is 0.316. The second-order valence-electron chi connectivity index (χ2n) is 5.72. The molecular formula is C19H23Cl2FN2O. The van der Waals surface area contributed by atoms with Gasteiger partial charge >= 0.3 is 0 Å². The minimum atomic E-state index is -0.295. The maximum atomic E-state index is 13.3. The molecular weight excluding hydrogens is 362 g/mol. The molecule has 2 aromatic rings. The summed E-state index contributed by atoms with van der Waals surface area (Å²) in [7, 11) is 3.65. The number of hydrogen-bond acceptors (Lipinski definition) is 2. The standard InChI is InChI=1S/C19H22ClFN2O.ClH/c1-22-13-3-4-18(24)23(2)19(14-5-9-16(20)10-6-14)15-7-11-17(21)12-8-15;/h5-12,19,22H,3-4,13H2,1-2H3;1H. The number of rotatable bonds is 7. The first-order valence-corrected chi connectivity index (χ1v) is 8.32. The topological polar surface area (TPSA) is 32.3 Å². The van der Waals surface area contributed by atoms with E-state index in [1.807, 2.05) is 19.2 Å². The molecule has 0 aliphatic rings. The molecule has 0 saturated carbocycles. The Hall–Kier alpha value is -1.62. The van der Waals surface area contributed by atoms with Crippen LogP contribution >= 0.6 is 24.0 Å². The van der Waals surface area contributed by atoms with Crippen molar-refractivity contribution < 1.29 is 9.18 Å². The molecule has 0 saturated heterocycles. The Balaban J connectivity index is 0.00000312. The number of amides is 1. The van der Waals surface area contributed by atoms with Crippen LogP contribution in [-0.4, -0.2) is 31.4 Å². The fourth-order valence-corrected chi connectivity index (χ4v) is 2.79. The van der Waals surface area contributed by atoms with Gasteiger partial charge in [-0.3, -0.25) is 4.79 Å². The van der Waals surface area contributed by atoms with E-state index in [1.165, 1.54) is 12.1 Å². The van der Waals surface area contributed by atoms with Crippen molar-refractivity contribution in [2.24, 2.45) is 0 Å². The molecule has 1 atom stereocenters. The maximum absolute atomic E-state index is 13.3. The third-order valence-electron chi connectivity index (χ3n) is 3.97. The van der Waals surface area contributed by atoms with Crippen LogP contribution in [0.5, 0.6) is 0 Å². The third-order valence-corrected chi connectivity index (χ3v) is 4.22. The molecule has 0 radical (unpaired) electrons. The van der Waals surface area contributed by atoms with Gasteiger partial charge in [0.2, 0.25) is 5.91 Å². The van der Waals surface area contributed by atoms with Crippen LogP contribution in [-0.2, 0) is 4.79 Å². The van der Waals surface area contributed by atoms with E-state index in [9.17, 15) is 9.18 Å². The zero-order valence-corrected chi connectivity index (χ0v) is 15.9. The van der Waals surface area contributed by atoms with Crippen LogP contribution in [0.4, 0.5) is 4.39 Å². The van der Waals surface area contributed by atoms with Crippen molar-refractivity contribution >= 4 is 29.9 Å². The van der Waals surface area contributed by atoms with Gasteiger partial charge in [0, 0.05) is 18.5 Å². The van der Waals surface area contributed by atoms with E-state index < -0.39 is 0 Å². The van der Waals surface area contributed by atoms with Gasteiger partial charge in [0.1, 0.15) is 5.82 Å². The average Bonchev–Trinajstić information content (AvgIpc) is 2.58. The molecule has 2 aromatic carbocycles. The predicted octanol–water partition coefficient (Wildman–Crippen LogP) is 4.45. The van der Waals surface area contributed by atoms with Gasteiger partial charge in [-0.1, -0.05) is 35.9 Å². The van der Waals surface area contributed by atoms with Gasteiger partial charge in [0.05, 0.1) is 6.04 Å². The smallest absolute Gasteiger partial charge is 0.223 e. The first-order valence-electron chi connectivity index (χ1n) is 7.94. The van der Waals surface area contributed by atoms with E-state index in [4.69, 9.17) is 11.6 Å². The van der Waals surface area contributed by atoms with E-state index in [0.717, 1.165) is 24.1 Å². The minimum absolute atomic E-state index is 0. The van der Waals surface area contributed by atoms with Crippen LogP contribution in [0.3, 0.4) is 0 Å².